The minimum Gasteiger partial charge on any atom is -0.431 e. The first-order valence-electron chi connectivity index (χ1n) is 10.2. The van der Waals surface area contributed by atoms with E-state index in [1.165, 1.54) is 12.3 Å². The van der Waals surface area contributed by atoms with E-state index in [1.807, 2.05) is 0 Å². The van der Waals surface area contributed by atoms with Gasteiger partial charge >= 0.3 is 0 Å². The lowest BCUT2D eigenvalue weighted by atomic mass is 10.1. The highest BCUT2D eigenvalue weighted by molar-refractivity contribution is 6.30. The number of benzene rings is 1. The summed E-state index contributed by atoms with van der Waals surface area (Å²) in [6, 6.07) is 13.9. The molecule has 0 bridgehead atoms. The van der Waals surface area contributed by atoms with Gasteiger partial charge in [-0.1, -0.05) is 35.7 Å². The van der Waals surface area contributed by atoms with Crippen molar-refractivity contribution in [3.05, 3.63) is 98.8 Å². The molecular weight excluding hydrogens is 442 g/mol. The number of halogens is 1. The Kier molecular flexibility index (Phi) is 6.59. The zero-order valence-corrected chi connectivity index (χ0v) is 18.5. The molecule has 0 saturated carbocycles. The Hall–Kier alpha value is -3.86. The second-order valence-electron chi connectivity index (χ2n) is 7.40. The maximum absolute atomic E-state index is 12.9. The first kappa shape index (κ1) is 22.3. The number of aromatic nitrogens is 2. The van der Waals surface area contributed by atoms with Crippen molar-refractivity contribution in [3.8, 4) is 11.8 Å². The van der Waals surface area contributed by atoms with E-state index in [0.29, 0.717) is 16.4 Å². The summed E-state index contributed by atoms with van der Waals surface area (Å²) < 4.78 is 7.26. The quantitative estimate of drug-likeness (QED) is 0.443. The molecule has 0 spiro atoms. The number of aliphatic hydroxyl groups excluding tert-OH is 1. The van der Waals surface area contributed by atoms with E-state index in [1.54, 1.807) is 60.3 Å². The monoisotopic (exact) mass is 461 g/mol. The molecule has 0 aliphatic heterocycles. The van der Waals surface area contributed by atoms with E-state index in [4.69, 9.17) is 16.0 Å². The molecule has 1 aromatic carbocycles. The number of pyridine rings is 2. The van der Waals surface area contributed by atoms with E-state index >= 15 is 0 Å². The van der Waals surface area contributed by atoms with Crippen LogP contribution in [0.3, 0.4) is 0 Å². The maximum Gasteiger partial charge on any atom is 0.257 e. The molecule has 0 aliphatic rings. The highest BCUT2D eigenvalue weighted by Gasteiger charge is 2.17. The summed E-state index contributed by atoms with van der Waals surface area (Å²) in [5, 5.41) is 13.8. The Morgan fingerprint density at radius 3 is 2.79 bits per heavy atom. The first-order chi connectivity index (χ1) is 15.9. The van der Waals surface area contributed by atoms with Crippen LogP contribution in [0, 0.1) is 11.8 Å². The Morgan fingerprint density at radius 1 is 1.27 bits per heavy atom. The Morgan fingerprint density at radius 2 is 2.06 bits per heavy atom. The zero-order chi connectivity index (χ0) is 23.4. The van der Waals surface area contributed by atoms with Crippen molar-refractivity contribution in [3.63, 3.8) is 0 Å². The highest BCUT2D eigenvalue weighted by Crippen LogP contribution is 2.17. The average molecular weight is 462 g/mol. The molecule has 1 unspecified atom stereocenters. The van der Waals surface area contributed by atoms with Crippen molar-refractivity contribution in [1.29, 1.82) is 0 Å². The van der Waals surface area contributed by atoms with Gasteiger partial charge in [0.05, 0.1) is 11.1 Å². The number of carbonyl (C=O) groups is 1. The third kappa shape index (κ3) is 5.14. The van der Waals surface area contributed by atoms with E-state index in [0.717, 1.165) is 5.56 Å². The number of aliphatic hydroxyl groups is 1. The molecule has 7 nitrogen and oxygen atoms in total. The fraction of sp³-hybridized carbons (Fsp3) is 0.160. The van der Waals surface area contributed by atoms with Crippen LogP contribution in [-0.2, 0) is 13.6 Å². The fourth-order valence-electron chi connectivity index (χ4n) is 3.28. The molecule has 33 heavy (non-hydrogen) atoms. The summed E-state index contributed by atoms with van der Waals surface area (Å²) in [5.74, 6) is 5.45. The van der Waals surface area contributed by atoms with Gasteiger partial charge in [-0.25, -0.2) is 0 Å². The fourth-order valence-corrected chi connectivity index (χ4v) is 3.40. The number of furan rings is 1. The molecule has 2 N–H and O–H groups in total. The summed E-state index contributed by atoms with van der Waals surface area (Å²) in [6.45, 7) is 0.262. The Labute approximate surface area is 194 Å². The van der Waals surface area contributed by atoms with Gasteiger partial charge in [-0.3, -0.25) is 14.6 Å². The molecule has 4 aromatic rings. The van der Waals surface area contributed by atoms with Crippen molar-refractivity contribution < 1.29 is 14.3 Å². The SMILES string of the molecule is Cn1cc(C(=O)NCc2ccc(Cl)cc2)c(=O)c2cc(C#CCC(O)c3ccccn3)oc21. The molecular formula is C25H20ClN3O4. The number of carbonyl (C=O) groups excluding carboxylic acids is 1. The maximum atomic E-state index is 12.9. The number of fused-ring (bicyclic) bond motifs is 1. The third-order valence-electron chi connectivity index (χ3n) is 4.99. The molecule has 0 saturated heterocycles. The molecule has 1 atom stereocenters. The second-order valence-corrected chi connectivity index (χ2v) is 7.83. The smallest absolute Gasteiger partial charge is 0.257 e. The van der Waals surface area contributed by atoms with Gasteiger partial charge in [0.15, 0.2) is 5.76 Å². The molecule has 3 aromatic heterocycles. The summed E-state index contributed by atoms with van der Waals surface area (Å²) in [7, 11) is 1.68. The lowest BCUT2D eigenvalue weighted by molar-refractivity contribution is 0.0949. The van der Waals surface area contributed by atoms with Crippen LogP contribution < -0.4 is 10.7 Å². The van der Waals surface area contributed by atoms with Crippen LogP contribution in [0.15, 0.2) is 70.1 Å². The van der Waals surface area contributed by atoms with E-state index < -0.39 is 17.4 Å². The van der Waals surface area contributed by atoms with Crippen LogP contribution in [0.1, 0.15) is 39.9 Å². The molecule has 4 rings (SSSR count). The van der Waals surface area contributed by atoms with Gasteiger partial charge < -0.3 is 19.4 Å². The lowest BCUT2D eigenvalue weighted by Crippen LogP contribution is -2.29. The number of hydrogen-bond donors (Lipinski definition) is 2. The van der Waals surface area contributed by atoms with Crippen molar-refractivity contribution >= 4 is 28.6 Å². The van der Waals surface area contributed by atoms with Gasteiger partial charge in [-0.15, -0.1) is 0 Å². The number of amides is 1. The summed E-state index contributed by atoms with van der Waals surface area (Å²) in [6.07, 6.45) is 2.37. The molecule has 0 fully saturated rings. The van der Waals surface area contributed by atoms with Gasteiger partial charge in [0, 0.05) is 43.5 Å². The topological polar surface area (TPSA) is 97.4 Å². The first-order valence-corrected chi connectivity index (χ1v) is 10.5. The molecule has 166 valence electrons. The summed E-state index contributed by atoms with van der Waals surface area (Å²) >= 11 is 5.88. The van der Waals surface area contributed by atoms with E-state index in [2.05, 4.69) is 22.1 Å². The number of aryl methyl sites for hydroxylation is 1. The number of hydrogen-bond acceptors (Lipinski definition) is 5. The third-order valence-corrected chi connectivity index (χ3v) is 5.24. The number of nitrogens with one attached hydrogen (secondary N) is 1. The minimum atomic E-state index is -0.829. The summed E-state index contributed by atoms with van der Waals surface area (Å²) in [5.41, 5.74) is 1.26. The van der Waals surface area contributed by atoms with Crippen LogP contribution in [0.4, 0.5) is 0 Å². The van der Waals surface area contributed by atoms with E-state index in [9.17, 15) is 14.7 Å². The van der Waals surface area contributed by atoms with Crippen LogP contribution in [0.25, 0.3) is 11.1 Å². The lowest BCUT2D eigenvalue weighted by Gasteiger charge is -2.07. The minimum absolute atomic E-state index is 0.00449. The second kappa shape index (κ2) is 9.74. The van der Waals surface area contributed by atoms with Gasteiger partial charge in [-0.2, -0.15) is 0 Å². The molecule has 8 heteroatoms. The van der Waals surface area contributed by atoms with Gasteiger partial charge in [0.25, 0.3) is 5.91 Å². The van der Waals surface area contributed by atoms with Crippen LogP contribution in [0.5, 0.6) is 0 Å². The standard InChI is InChI=1S/C25H20ClN3O4/c1-29-15-20(24(32)28-14-16-8-10-17(26)11-9-16)23(31)19-13-18(33-25(19)29)5-4-7-22(30)21-6-2-3-12-27-21/h2-3,6,8-13,15,22,30H,7,14H2,1H3,(H,28,32). The summed E-state index contributed by atoms with van der Waals surface area (Å²) in [4.78, 5) is 29.7. The normalized spacial score (nSPS) is 11.6. The van der Waals surface area contributed by atoms with Crippen molar-refractivity contribution in [2.24, 2.45) is 7.05 Å². The van der Waals surface area contributed by atoms with Crippen LogP contribution in [0.2, 0.25) is 5.02 Å². The largest absolute Gasteiger partial charge is 0.431 e. The van der Waals surface area contributed by atoms with Crippen LogP contribution >= 0.6 is 11.6 Å². The average Bonchev–Trinajstić information content (AvgIpc) is 3.26. The Balaban J connectivity index is 1.52. The van der Waals surface area contributed by atoms with Crippen molar-refractivity contribution in [2.75, 3.05) is 0 Å². The number of rotatable bonds is 5. The highest BCUT2D eigenvalue weighted by atomic mass is 35.5. The molecule has 0 aliphatic carbocycles. The Bertz CT molecular complexity index is 1410. The molecule has 1 amide bonds. The van der Waals surface area contributed by atoms with Gasteiger partial charge in [0.2, 0.25) is 11.1 Å². The predicted molar refractivity (Wildman–Crippen MR) is 125 cm³/mol. The predicted octanol–water partition coefficient (Wildman–Crippen LogP) is 3.59. The number of nitrogens with zero attached hydrogens (tertiary/aromatic N) is 2. The van der Waals surface area contributed by atoms with Gasteiger partial charge in [0.1, 0.15) is 11.7 Å². The van der Waals surface area contributed by atoms with Crippen molar-refractivity contribution in [1.82, 2.24) is 14.9 Å². The zero-order valence-electron chi connectivity index (χ0n) is 17.7. The van der Waals surface area contributed by atoms with Crippen LogP contribution in [-0.4, -0.2) is 20.6 Å². The molecule has 0 radical (unpaired) electrons. The molecule has 3 heterocycles. The van der Waals surface area contributed by atoms with Crippen molar-refractivity contribution in [2.45, 2.75) is 19.1 Å². The van der Waals surface area contributed by atoms with E-state index in [-0.39, 0.29) is 29.7 Å². The van der Waals surface area contributed by atoms with Gasteiger partial charge in [-0.05, 0) is 35.7 Å².